The van der Waals surface area contributed by atoms with Crippen molar-refractivity contribution in [2.45, 2.75) is 19.8 Å². The van der Waals surface area contributed by atoms with Crippen LogP contribution < -0.4 is 0 Å². The van der Waals surface area contributed by atoms with Gasteiger partial charge in [0.2, 0.25) is 5.82 Å². The summed E-state index contributed by atoms with van der Waals surface area (Å²) in [5.41, 5.74) is 0. The van der Waals surface area contributed by atoms with E-state index in [2.05, 4.69) is 20.1 Å². The first-order chi connectivity index (χ1) is 10.2. The van der Waals surface area contributed by atoms with Crippen LogP contribution in [0.3, 0.4) is 0 Å². The van der Waals surface area contributed by atoms with Gasteiger partial charge in [-0.25, -0.2) is 4.98 Å². The van der Waals surface area contributed by atoms with E-state index in [1.165, 1.54) is 0 Å². The molecular weight excluding hydrogens is 270 g/mol. The third-order valence-electron chi connectivity index (χ3n) is 4.31. The van der Waals surface area contributed by atoms with Crippen LogP contribution in [0.1, 0.15) is 29.3 Å². The van der Waals surface area contributed by atoms with E-state index in [0.29, 0.717) is 17.6 Å². The molecule has 0 saturated carbocycles. The van der Waals surface area contributed by atoms with Gasteiger partial charge in [-0.2, -0.15) is 0 Å². The first-order valence-corrected chi connectivity index (χ1v) is 7.71. The number of aryl methyl sites for hydroxylation is 1. The zero-order valence-corrected chi connectivity index (χ0v) is 12.5. The number of likely N-dealkylation sites (tertiary alicyclic amines) is 1. The van der Waals surface area contributed by atoms with E-state index in [4.69, 9.17) is 4.74 Å². The Labute approximate surface area is 124 Å². The molecule has 1 amide bonds. The van der Waals surface area contributed by atoms with Crippen molar-refractivity contribution in [2.75, 3.05) is 45.9 Å². The maximum atomic E-state index is 12.3. The Morgan fingerprint density at radius 3 is 2.62 bits per heavy atom. The van der Waals surface area contributed by atoms with Gasteiger partial charge in [0.05, 0.1) is 13.2 Å². The van der Waals surface area contributed by atoms with E-state index in [1.54, 1.807) is 6.92 Å². The van der Waals surface area contributed by atoms with E-state index in [1.807, 2.05) is 4.90 Å². The number of piperidine rings is 1. The Morgan fingerprint density at radius 2 is 2.00 bits per heavy atom. The monoisotopic (exact) mass is 293 g/mol. The number of aromatic nitrogens is 3. The average molecular weight is 293 g/mol. The second-order valence-corrected chi connectivity index (χ2v) is 5.89. The fourth-order valence-electron chi connectivity index (χ4n) is 3.05. The Kier molecular flexibility index (Phi) is 4.50. The Hall–Kier alpha value is -1.47. The molecule has 0 unspecified atom stereocenters. The van der Waals surface area contributed by atoms with Crippen LogP contribution >= 0.6 is 0 Å². The van der Waals surface area contributed by atoms with Crippen molar-refractivity contribution in [3.05, 3.63) is 11.6 Å². The van der Waals surface area contributed by atoms with Crippen molar-refractivity contribution < 1.29 is 9.53 Å². The minimum Gasteiger partial charge on any atom is -0.379 e. The molecule has 116 valence electrons. The number of hydrogen-bond acceptors (Lipinski definition) is 5. The molecule has 1 aromatic rings. The maximum absolute atomic E-state index is 12.3. The highest BCUT2D eigenvalue weighted by atomic mass is 16.5. The molecule has 7 nitrogen and oxygen atoms in total. The summed E-state index contributed by atoms with van der Waals surface area (Å²) in [5.74, 6) is 1.60. The predicted molar refractivity (Wildman–Crippen MR) is 77.0 cm³/mol. The molecule has 0 spiro atoms. The first-order valence-electron chi connectivity index (χ1n) is 7.71. The van der Waals surface area contributed by atoms with Gasteiger partial charge in [-0.3, -0.25) is 14.8 Å². The molecule has 21 heavy (non-hydrogen) atoms. The standard InChI is InChI=1S/C14H23N5O2/c1-11-15-13(17-16-11)14(20)19-4-2-12(3-5-19)10-18-6-8-21-9-7-18/h12H,2-10H2,1H3,(H,15,16,17). The average Bonchev–Trinajstić information content (AvgIpc) is 2.95. The lowest BCUT2D eigenvalue weighted by Crippen LogP contribution is -2.44. The lowest BCUT2D eigenvalue weighted by molar-refractivity contribution is 0.0242. The first kappa shape index (κ1) is 14.5. The van der Waals surface area contributed by atoms with Gasteiger partial charge in [0, 0.05) is 32.7 Å². The number of amides is 1. The molecule has 3 heterocycles. The maximum Gasteiger partial charge on any atom is 0.293 e. The Bertz CT molecular complexity index is 475. The van der Waals surface area contributed by atoms with Crippen molar-refractivity contribution in [3.63, 3.8) is 0 Å². The van der Waals surface area contributed by atoms with Crippen LogP contribution in [0.5, 0.6) is 0 Å². The predicted octanol–water partition coefficient (Wildman–Crippen LogP) is 0.298. The third kappa shape index (κ3) is 3.59. The Balaban J connectivity index is 1.47. The van der Waals surface area contributed by atoms with E-state index < -0.39 is 0 Å². The number of carbonyl (C=O) groups is 1. The van der Waals surface area contributed by atoms with Gasteiger partial charge < -0.3 is 9.64 Å². The van der Waals surface area contributed by atoms with Gasteiger partial charge in [0.25, 0.3) is 5.91 Å². The molecule has 1 N–H and O–H groups in total. The smallest absolute Gasteiger partial charge is 0.293 e. The van der Waals surface area contributed by atoms with E-state index in [-0.39, 0.29) is 5.91 Å². The van der Waals surface area contributed by atoms with Crippen LogP contribution in [0.4, 0.5) is 0 Å². The van der Waals surface area contributed by atoms with Crippen molar-refractivity contribution in [2.24, 2.45) is 5.92 Å². The quantitative estimate of drug-likeness (QED) is 0.867. The summed E-state index contributed by atoms with van der Waals surface area (Å²) in [4.78, 5) is 20.7. The molecule has 2 aliphatic rings. The molecule has 2 aliphatic heterocycles. The normalized spacial score (nSPS) is 21.7. The van der Waals surface area contributed by atoms with Crippen molar-refractivity contribution in [1.82, 2.24) is 25.0 Å². The second-order valence-electron chi connectivity index (χ2n) is 5.89. The highest BCUT2D eigenvalue weighted by molar-refractivity contribution is 5.90. The van der Waals surface area contributed by atoms with Crippen LogP contribution in [0.2, 0.25) is 0 Å². The molecule has 0 radical (unpaired) electrons. The number of rotatable bonds is 3. The van der Waals surface area contributed by atoms with Gasteiger partial charge in [-0.05, 0) is 25.7 Å². The van der Waals surface area contributed by atoms with E-state index >= 15 is 0 Å². The van der Waals surface area contributed by atoms with Crippen LogP contribution in [0.25, 0.3) is 0 Å². The number of nitrogens with one attached hydrogen (secondary N) is 1. The number of nitrogens with zero attached hydrogens (tertiary/aromatic N) is 4. The lowest BCUT2D eigenvalue weighted by Gasteiger charge is -2.35. The summed E-state index contributed by atoms with van der Waals surface area (Å²) in [5, 5.41) is 6.68. The molecule has 2 fully saturated rings. The molecule has 0 aromatic carbocycles. The summed E-state index contributed by atoms with van der Waals surface area (Å²) >= 11 is 0. The Morgan fingerprint density at radius 1 is 1.29 bits per heavy atom. The summed E-state index contributed by atoms with van der Waals surface area (Å²) in [6.07, 6.45) is 2.12. The third-order valence-corrected chi connectivity index (χ3v) is 4.31. The highest BCUT2D eigenvalue weighted by Crippen LogP contribution is 2.20. The molecule has 1 aromatic heterocycles. The van der Waals surface area contributed by atoms with Gasteiger partial charge in [-0.1, -0.05) is 0 Å². The van der Waals surface area contributed by atoms with E-state index in [9.17, 15) is 4.79 Å². The van der Waals surface area contributed by atoms with Crippen molar-refractivity contribution >= 4 is 5.91 Å². The van der Waals surface area contributed by atoms with Crippen LogP contribution in [0.15, 0.2) is 0 Å². The molecule has 2 saturated heterocycles. The summed E-state index contributed by atoms with van der Waals surface area (Å²) in [6, 6.07) is 0. The number of hydrogen-bond donors (Lipinski definition) is 1. The van der Waals surface area contributed by atoms with E-state index in [0.717, 1.165) is 58.8 Å². The summed E-state index contributed by atoms with van der Waals surface area (Å²) in [7, 11) is 0. The van der Waals surface area contributed by atoms with Crippen molar-refractivity contribution in [3.8, 4) is 0 Å². The molecular formula is C14H23N5O2. The zero-order valence-electron chi connectivity index (χ0n) is 12.5. The number of morpholine rings is 1. The summed E-state index contributed by atoms with van der Waals surface area (Å²) in [6.45, 7) is 8.32. The summed E-state index contributed by atoms with van der Waals surface area (Å²) < 4.78 is 5.38. The number of ether oxygens (including phenoxy) is 1. The van der Waals surface area contributed by atoms with Crippen LogP contribution in [-0.4, -0.2) is 76.8 Å². The number of aromatic amines is 1. The van der Waals surface area contributed by atoms with Gasteiger partial charge in [0.1, 0.15) is 5.82 Å². The zero-order chi connectivity index (χ0) is 14.7. The van der Waals surface area contributed by atoms with Gasteiger partial charge in [-0.15, -0.1) is 5.10 Å². The lowest BCUT2D eigenvalue weighted by atomic mass is 9.96. The van der Waals surface area contributed by atoms with Gasteiger partial charge in [0.15, 0.2) is 0 Å². The van der Waals surface area contributed by atoms with Crippen LogP contribution in [0, 0.1) is 12.8 Å². The highest BCUT2D eigenvalue weighted by Gasteiger charge is 2.27. The molecule has 7 heteroatoms. The number of H-pyrrole nitrogens is 1. The van der Waals surface area contributed by atoms with Crippen LogP contribution in [-0.2, 0) is 4.74 Å². The fourth-order valence-corrected chi connectivity index (χ4v) is 3.05. The SMILES string of the molecule is Cc1nc(C(=O)N2CCC(CN3CCOCC3)CC2)n[nH]1. The minimum atomic E-state index is -0.0517. The minimum absolute atomic E-state index is 0.0517. The second kappa shape index (κ2) is 6.53. The molecule has 0 aliphatic carbocycles. The molecule has 0 atom stereocenters. The fraction of sp³-hybridized carbons (Fsp3) is 0.786. The van der Waals surface area contributed by atoms with Crippen molar-refractivity contribution in [1.29, 1.82) is 0 Å². The number of carbonyl (C=O) groups excluding carboxylic acids is 1. The van der Waals surface area contributed by atoms with Gasteiger partial charge >= 0.3 is 0 Å². The topological polar surface area (TPSA) is 74.3 Å². The molecule has 0 bridgehead atoms. The largest absolute Gasteiger partial charge is 0.379 e. The molecule has 3 rings (SSSR count).